The fourth-order valence-corrected chi connectivity index (χ4v) is 2.61. The number of hydrogen-bond acceptors (Lipinski definition) is 5. The standard InChI is InChI=1S/C13H17BrN4O3/c1-16(9-13(19)17-6-4-15-5-7-17)12-8-10(14)2-3-11(12)18(20)21/h2-3,8,15H,4-7,9H2,1H3. The third-order valence-corrected chi connectivity index (χ3v) is 3.88. The Kier molecular flexibility index (Phi) is 5.13. The largest absolute Gasteiger partial charge is 0.360 e. The molecule has 21 heavy (non-hydrogen) atoms. The minimum Gasteiger partial charge on any atom is -0.360 e. The highest BCUT2D eigenvalue weighted by Crippen LogP contribution is 2.30. The Bertz CT molecular complexity index is 546. The molecule has 1 heterocycles. The molecular weight excluding hydrogens is 340 g/mol. The number of nitro groups is 1. The maximum Gasteiger partial charge on any atom is 0.292 e. The fraction of sp³-hybridized carbons (Fsp3) is 0.462. The number of nitrogens with zero attached hydrogens (tertiary/aromatic N) is 3. The Balaban J connectivity index is 2.12. The number of anilines is 1. The highest BCUT2D eigenvalue weighted by molar-refractivity contribution is 9.10. The van der Waals surface area contributed by atoms with Gasteiger partial charge in [-0.25, -0.2) is 0 Å². The van der Waals surface area contributed by atoms with Crippen LogP contribution in [0.3, 0.4) is 0 Å². The Morgan fingerprint density at radius 3 is 2.76 bits per heavy atom. The quantitative estimate of drug-likeness (QED) is 0.648. The van der Waals surface area contributed by atoms with Gasteiger partial charge in [-0.15, -0.1) is 0 Å². The van der Waals surface area contributed by atoms with Gasteiger partial charge in [0.1, 0.15) is 5.69 Å². The van der Waals surface area contributed by atoms with Crippen LogP contribution >= 0.6 is 15.9 Å². The number of likely N-dealkylation sites (N-methyl/N-ethyl adjacent to an activating group) is 1. The normalized spacial score (nSPS) is 14.9. The van der Waals surface area contributed by atoms with Crippen LogP contribution in [0, 0.1) is 10.1 Å². The highest BCUT2D eigenvalue weighted by atomic mass is 79.9. The molecule has 1 aromatic rings. The predicted octanol–water partition coefficient (Wildman–Crippen LogP) is 1.23. The number of nitro benzene ring substituents is 1. The van der Waals surface area contributed by atoms with Crippen LogP contribution in [-0.4, -0.2) is 55.5 Å². The van der Waals surface area contributed by atoms with Crippen molar-refractivity contribution < 1.29 is 9.72 Å². The van der Waals surface area contributed by atoms with Crippen molar-refractivity contribution in [3.8, 4) is 0 Å². The zero-order chi connectivity index (χ0) is 15.4. The molecule has 1 amide bonds. The van der Waals surface area contributed by atoms with Gasteiger partial charge in [0.05, 0.1) is 11.5 Å². The maximum atomic E-state index is 12.2. The summed E-state index contributed by atoms with van der Waals surface area (Å²) < 4.78 is 0.740. The van der Waals surface area contributed by atoms with Crippen molar-refractivity contribution in [2.45, 2.75) is 0 Å². The molecule has 0 saturated carbocycles. The number of halogens is 1. The predicted molar refractivity (Wildman–Crippen MR) is 83.5 cm³/mol. The van der Waals surface area contributed by atoms with E-state index in [4.69, 9.17) is 0 Å². The van der Waals surface area contributed by atoms with Crippen LogP contribution in [0.2, 0.25) is 0 Å². The van der Waals surface area contributed by atoms with E-state index < -0.39 is 4.92 Å². The van der Waals surface area contributed by atoms with Crippen molar-refractivity contribution in [2.75, 3.05) is 44.7 Å². The molecular formula is C13H17BrN4O3. The van der Waals surface area contributed by atoms with E-state index in [1.54, 1.807) is 29.0 Å². The molecule has 1 aromatic carbocycles. The van der Waals surface area contributed by atoms with Crippen LogP contribution in [0.5, 0.6) is 0 Å². The van der Waals surface area contributed by atoms with Gasteiger partial charge in [0.2, 0.25) is 5.91 Å². The fourth-order valence-electron chi connectivity index (χ4n) is 2.26. The maximum absolute atomic E-state index is 12.2. The number of amides is 1. The average molecular weight is 357 g/mol. The van der Waals surface area contributed by atoms with Gasteiger partial charge in [0, 0.05) is 43.8 Å². The van der Waals surface area contributed by atoms with Crippen LogP contribution in [0.15, 0.2) is 22.7 Å². The van der Waals surface area contributed by atoms with Crippen molar-refractivity contribution >= 4 is 33.2 Å². The second kappa shape index (κ2) is 6.86. The molecule has 1 N–H and O–H groups in total. The highest BCUT2D eigenvalue weighted by Gasteiger charge is 2.22. The molecule has 0 spiro atoms. The minimum atomic E-state index is -0.437. The van der Waals surface area contributed by atoms with E-state index in [0.717, 1.165) is 17.6 Å². The SMILES string of the molecule is CN(CC(=O)N1CCNCC1)c1cc(Br)ccc1[N+](=O)[O-]. The first-order chi connectivity index (χ1) is 9.99. The van der Waals surface area contributed by atoms with Gasteiger partial charge in [-0.2, -0.15) is 0 Å². The van der Waals surface area contributed by atoms with E-state index in [1.807, 2.05) is 0 Å². The Hall–Kier alpha value is -1.67. The molecule has 7 nitrogen and oxygen atoms in total. The van der Waals surface area contributed by atoms with Crippen LogP contribution in [0.1, 0.15) is 0 Å². The molecule has 1 saturated heterocycles. The van der Waals surface area contributed by atoms with Crippen molar-refractivity contribution in [1.29, 1.82) is 0 Å². The van der Waals surface area contributed by atoms with E-state index in [-0.39, 0.29) is 18.1 Å². The summed E-state index contributed by atoms with van der Waals surface area (Å²) in [7, 11) is 1.69. The number of carbonyl (C=O) groups is 1. The zero-order valence-corrected chi connectivity index (χ0v) is 13.3. The summed E-state index contributed by atoms with van der Waals surface area (Å²) in [5, 5.41) is 14.3. The van der Waals surface area contributed by atoms with Gasteiger partial charge in [-0.3, -0.25) is 14.9 Å². The van der Waals surface area contributed by atoms with E-state index in [1.165, 1.54) is 6.07 Å². The lowest BCUT2D eigenvalue weighted by Crippen LogP contribution is -2.49. The molecule has 1 aliphatic heterocycles. The molecule has 1 aliphatic rings. The molecule has 8 heteroatoms. The second-order valence-corrected chi connectivity index (χ2v) is 5.79. The van der Waals surface area contributed by atoms with Gasteiger partial charge in [-0.05, 0) is 12.1 Å². The molecule has 0 radical (unpaired) electrons. The monoisotopic (exact) mass is 356 g/mol. The van der Waals surface area contributed by atoms with E-state index >= 15 is 0 Å². The molecule has 2 rings (SSSR count). The summed E-state index contributed by atoms with van der Waals surface area (Å²) in [5.41, 5.74) is 0.423. The summed E-state index contributed by atoms with van der Waals surface area (Å²) >= 11 is 3.30. The molecule has 1 fully saturated rings. The molecule has 0 atom stereocenters. The summed E-state index contributed by atoms with van der Waals surface area (Å²) in [6.07, 6.45) is 0. The summed E-state index contributed by atoms with van der Waals surface area (Å²) in [4.78, 5) is 26.3. The number of nitrogens with one attached hydrogen (secondary N) is 1. The van der Waals surface area contributed by atoms with E-state index in [0.29, 0.717) is 18.8 Å². The number of rotatable bonds is 4. The third-order valence-electron chi connectivity index (χ3n) is 3.39. The van der Waals surface area contributed by atoms with E-state index in [2.05, 4.69) is 21.2 Å². The number of benzene rings is 1. The van der Waals surface area contributed by atoms with Crippen molar-refractivity contribution in [3.05, 3.63) is 32.8 Å². The van der Waals surface area contributed by atoms with Gasteiger partial charge >= 0.3 is 0 Å². The lowest BCUT2D eigenvalue weighted by Gasteiger charge is -2.29. The van der Waals surface area contributed by atoms with Crippen LogP contribution in [0.25, 0.3) is 0 Å². The molecule has 0 bridgehead atoms. The Labute approximate surface area is 131 Å². The zero-order valence-electron chi connectivity index (χ0n) is 11.7. The van der Waals surface area contributed by atoms with Crippen molar-refractivity contribution in [2.24, 2.45) is 0 Å². The van der Waals surface area contributed by atoms with Crippen LogP contribution in [-0.2, 0) is 4.79 Å². The second-order valence-electron chi connectivity index (χ2n) is 4.88. The Morgan fingerprint density at radius 1 is 1.48 bits per heavy atom. The summed E-state index contributed by atoms with van der Waals surface area (Å²) in [6.45, 7) is 3.04. The molecule has 0 aromatic heterocycles. The molecule has 114 valence electrons. The minimum absolute atomic E-state index is 0.00573. The molecule has 0 aliphatic carbocycles. The lowest BCUT2D eigenvalue weighted by atomic mass is 10.2. The van der Waals surface area contributed by atoms with Gasteiger partial charge in [-0.1, -0.05) is 15.9 Å². The van der Waals surface area contributed by atoms with Crippen molar-refractivity contribution in [3.63, 3.8) is 0 Å². The van der Waals surface area contributed by atoms with E-state index in [9.17, 15) is 14.9 Å². The first-order valence-electron chi connectivity index (χ1n) is 6.62. The smallest absolute Gasteiger partial charge is 0.292 e. The number of hydrogen-bond donors (Lipinski definition) is 1. The Morgan fingerprint density at radius 2 is 2.14 bits per heavy atom. The molecule has 0 unspecified atom stereocenters. The summed E-state index contributed by atoms with van der Waals surface area (Å²) in [5.74, 6) is -0.0201. The van der Waals surface area contributed by atoms with Gasteiger partial charge in [0.25, 0.3) is 5.69 Å². The van der Waals surface area contributed by atoms with Crippen LogP contribution < -0.4 is 10.2 Å². The first-order valence-corrected chi connectivity index (χ1v) is 7.42. The first kappa shape index (κ1) is 15.7. The number of carbonyl (C=O) groups excluding carboxylic acids is 1. The number of piperazine rings is 1. The van der Waals surface area contributed by atoms with Crippen LogP contribution in [0.4, 0.5) is 11.4 Å². The summed E-state index contributed by atoms with van der Waals surface area (Å²) in [6, 6.07) is 4.71. The van der Waals surface area contributed by atoms with Gasteiger partial charge in [0.15, 0.2) is 0 Å². The lowest BCUT2D eigenvalue weighted by molar-refractivity contribution is -0.384. The third kappa shape index (κ3) is 3.92. The average Bonchev–Trinajstić information content (AvgIpc) is 2.47. The topological polar surface area (TPSA) is 78.7 Å². The van der Waals surface area contributed by atoms with Crippen molar-refractivity contribution in [1.82, 2.24) is 10.2 Å². The van der Waals surface area contributed by atoms with Gasteiger partial charge < -0.3 is 15.1 Å².